The number of hydrogen-bond donors (Lipinski definition) is 2. The molecule has 27 heavy (non-hydrogen) atoms. The van der Waals surface area contributed by atoms with E-state index < -0.39 is 0 Å². The zero-order valence-corrected chi connectivity index (χ0v) is 16.2. The first-order valence-electron chi connectivity index (χ1n) is 9.35. The van der Waals surface area contributed by atoms with Crippen molar-refractivity contribution in [1.82, 2.24) is 10.3 Å². The molecule has 0 bridgehead atoms. The summed E-state index contributed by atoms with van der Waals surface area (Å²) in [4.78, 5) is 4.46. The standard InChI is InChI=1S/C22H26N4O/c1-4-15(2)19-10-21-22(26-12-19)27-20(14-25-21)13-24-8-7-18-6-5-17(11-23)9-16(18)3/h4-6,9-10,12,20,24-25H,7-8,13-14H2,1-3H3/b15-4+. The maximum Gasteiger partial charge on any atom is 0.237 e. The highest BCUT2D eigenvalue weighted by Gasteiger charge is 2.20. The molecule has 3 rings (SSSR count). The van der Waals surface area contributed by atoms with Crippen molar-refractivity contribution in [3.8, 4) is 11.9 Å². The molecule has 0 saturated carbocycles. The fourth-order valence-corrected chi connectivity index (χ4v) is 3.12. The number of nitrogens with zero attached hydrogens (tertiary/aromatic N) is 2. The van der Waals surface area contributed by atoms with Crippen molar-refractivity contribution in [3.05, 3.63) is 58.8 Å². The summed E-state index contributed by atoms with van der Waals surface area (Å²) < 4.78 is 6.01. The van der Waals surface area contributed by atoms with Gasteiger partial charge in [-0.05, 0) is 74.2 Å². The van der Waals surface area contributed by atoms with Crippen molar-refractivity contribution in [1.29, 1.82) is 5.26 Å². The molecule has 5 heteroatoms. The maximum atomic E-state index is 8.95. The van der Waals surface area contributed by atoms with E-state index in [0.29, 0.717) is 11.4 Å². The number of rotatable bonds is 6. The number of nitriles is 1. The average molecular weight is 362 g/mol. The molecule has 2 N–H and O–H groups in total. The summed E-state index contributed by atoms with van der Waals surface area (Å²) in [6, 6.07) is 10.1. The highest BCUT2D eigenvalue weighted by Crippen LogP contribution is 2.29. The molecule has 0 spiro atoms. The van der Waals surface area contributed by atoms with Crippen LogP contribution in [0.1, 0.15) is 36.1 Å². The fraction of sp³-hybridized carbons (Fsp3) is 0.364. The molecule has 1 unspecified atom stereocenters. The Bertz CT molecular complexity index is 882. The third-order valence-corrected chi connectivity index (χ3v) is 4.95. The Balaban J connectivity index is 1.49. The van der Waals surface area contributed by atoms with Crippen LogP contribution < -0.4 is 15.4 Å². The van der Waals surface area contributed by atoms with Gasteiger partial charge in [-0.2, -0.15) is 5.26 Å². The van der Waals surface area contributed by atoms with Crippen LogP contribution >= 0.6 is 0 Å². The minimum Gasteiger partial charge on any atom is -0.470 e. The quantitative estimate of drug-likeness (QED) is 0.767. The topological polar surface area (TPSA) is 70.0 Å². The van der Waals surface area contributed by atoms with Crippen molar-refractivity contribution < 1.29 is 4.74 Å². The molecule has 1 atom stereocenters. The van der Waals surface area contributed by atoms with Crippen LogP contribution in [-0.4, -0.2) is 30.7 Å². The van der Waals surface area contributed by atoms with Crippen molar-refractivity contribution in [2.75, 3.05) is 25.0 Å². The van der Waals surface area contributed by atoms with E-state index in [2.05, 4.69) is 47.7 Å². The van der Waals surface area contributed by atoms with E-state index in [1.807, 2.05) is 31.3 Å². The number of ether oxygens (including phenoxy) is 1. The van der Waals surface area contributed by atoms with Crippen molar-refractivity contribution in [2.24, 2.45) is 0 Å². The van der Waals surface area contributed by atoms with Gasteiger partial charge in [0.2, 0.25) is 5.88 Å². The molecule has 0 aliphatic carbocycles. The van der Waals surface area contributed by atoms with Gasteiger partial charge in [0.15, 0.2) is 0 Å². The normalized spacial score (nSPS) is 16.1. The predicted octanol–water partition coefficient (Wildman–Crippen LogP) is 3.69. The summed E-state index contributed by atoms with van der Waals surface area (Å²) in [5.41, 5.74) is 6.42. The van der Waals surface area contributed by atoms with Crippen molar-refractivity contribution in [3.63, 3.8) is 0 Å². The number of fused-ring (bicyclic) bond motifs is 1. The molecule has 140 valence electrons. The zero-order valence-electron chi connectivity index (χ0n) is 16.2. The Hall–Kier alpha value is -2.84. The van der Waals surface area contributed by atoms with Gasteiger partial charge in [-0.25, -0.2) is 4.98 Å². The van der Waals surface area contributed by atoms with Crippen LogP contribution in [0.2, 0.25) is 0 Å². The van der Waals surface area contributed by atoms with E-state index in [-0.39, 0.29) is 6.10 Å². The highest BCUT2D eigenvalue weighted by molar-refractivity contribution is 5.68. The lowest BCUT2D eigenvalue weighted by Crippen LogP contribution is -2.40. The number of anilines is 1. The number of pyridine rings is 1. The molecule has 0 radical (unpaired) electrons. The van der Waals surface area contributed by atoms with Crippen LogP contribution in [0.3, 0.4) is 0 Å². The van der Waals surface area contributed by atoms with Gasteiger partial charge in [0.1, 0.15) is 6.10 Å². The lowest BCUT2D eigenvalue weighted by Gasteiger charge is -2.27. The summed E-state index contributed by atoms with van der Waals surface area (Å²) in [6.45, 7) is 8.55. The number of benzene rings is 1. The van der Waals surface area contributed by atoms with Crippen LogP contribution in [0.15, 0.2) is 36.5 Å². The number of hydrogen-bond acceptors (Lipinski definition) is 5. The van der Waals surface area contributed by atoms with Crippen LogP contribution in [0, 0.1) is 18.3 Å². The molecule has 1 aromatic heterocycles. The second kappa shape index (κ2) is 8.70. The Kier molecular flexibility index (Phi) is 6.10. The lowest BCUT2D eigenvalue weighted by atomic mass is 10.0. The van der Waals surface area contributed by atoms with E-state index in [4.69, 9.17) is 10.00 Å². The molecule has 1 aromatic carbocycles. The largest absolute Gasteiger partial charge is 0.470 e. The predicted molar refractivity (Wildman–Crippen MR) is 109 cm³/mol. The molecule has 2 heterocycles. The lowest BCUT2D eigenvalue weighted by molar-refractivity contribution is 0.194. The SMILES string of the molecule is C/C=C(\C)c1cnc2c(c1)NCC(CNCCc1ccc(C#N)cc1C)O2. The molecule has 0 saturated heterocycles. The second-order valence-corrected chi connectivity index (χ2v) is 6.88. The maximum absolute atomic E-state index is 8.95. The summed E-state index contributed by atoms with van der Waals surface area (Å²) in [5.74, 6) is 0.670. The molecular weight excluding hydrogens is 336 g/mol. The molecule has 0 amide bonds. The second-order valence-electron chi connectivity index (χ2n) is 6.88. The molecule has 0 fully saturated rings. The minimum atomic E-state index is 0.0562. The van der Waals surface area contributed by atoms with Gasteiger partial charge in [0, 0.05) is 12.7 Å². The van der Waals surface area contributed by atoms with E-state index >= 15 is 0 Å². The molecule has 1 aliphatic heterocycles. The smallest absolute Gasteiger partial charge is 0.237 e. The molecule has 2 aromatic rings. The summed E-state index contributed by atoms with van der Waals surface area (Å²) in [5, 5.41) is 15.8. The number of allylic oxidation sites excluding steroid dienone is 2. The van der Waals surface area contributed by atoms with Gasteiger partial charge in [-0.1, -0.05) is 12.1 Å². The Morgan fingerprint density at radius 1 is 1.44 bits per heavy atom. The van der Waals surface area contributed by atoms with Gasteiger partial charge in [0.25, 0.3) is 0 Å². The van der Waals surface area contributed by atoms with Crippen LogP contribution in [0.25, 0.3) is 5.57 Å². The Labute approximate surface area is 161 Å². The zero-order chi connectivity index (χ0) is 19.2. The third-order valence-electron chi connectivity index (χ3n) is 4.95. The van der Waals surface area contributed by atoms with Crippen LogP contribution in [0.4, 0.5) is 5.69 Å². The van der Waals surface area contributed by atoms with Gasteiger partial charge in [0.05, 0.1) is 23.9 Å². The van der Waals surface area contributed by atoms with Gasteiger partial charge >= 0.3 is 0 Å². The first-order chi connectivity index (χ1) is 13.1. The fourth-order valence-electron chi connectivity index (χ4n) is 3.12. The monoisotopic (exact) mass is 362 g/mol. The Morgan fingerprint density at radius 2 is 2.30 bits per heavy atom. The van der Waals surface area contributed by atoms with Gasteiger partial charge in [-0.3, -0.25) is 0 Å². The average Bonchev–Trinajstić information content (AvgIpc) is 2.70. The van der Waals surface area contributed by atoms with Gasteiger partial charge in [-0.15, -0.1) is 0 Å². The minimum absolute atomic E-state index is 0.0562. The van der Waals surface area contributed by atoms with E-state index in [0.717, 1.165) is 42.9 Å². The number of nitrogens with one attached hydrogen (secondary N) is 2. The Morgan fingerprint density at radius 3 is 3.04 bits per heavy atom. The van der Waals surface area contributed by atoms with Crippen LogP contribution in [-0.2, 0) is 6.42 Å². The molecule has 1 aliphatic rings. The summed E-state index contributed by atoms with van der Waals surface area (Å²) in [7, 11) is 0. The first kappa shape index (κ1) is 18.9. The molecular formula is C22H26N4O. The first-order valence-corrected chi connectivity index (χ1v) is 9.35. The van der Waals surface area contributed by atoms with Crippen LogP contribution in [0.5, 0.6) is 5.88 Å². The van der Waals surface area contributed by atoms with Crippen molar-refractivity contribution >= 4 is 11.3 Å². The summed E-state index contributed by atoms with van der Waals surface area (Å²) >= 11 is 0. The highest BCUT2D eigenvalue weighted by atomic mass is 16.5. The van der Waals surface area contributed by atoms with E-state index in [1.165, 1.54) is 11.1 Å². The summed E-state index contributed by atoms with van der Waals surface area (Å²) in [6.07, 6.45) is 4.92. The number of aromatic nitrogens is 1. The number of aryl methyl sites for hydroxylation is 1. The van der Waals surface area contributed by atoms with E-state index in [1.54, 1.807) is 0 Å². The molecule has 5 nitrogen and oxygen atoms in total. The van der Waals surface area contributed by atoms with E-state index in [9.17, 15) is 0 Å². The van der Waals surface area contributed by atoms with Crippen molar-refractivity contribution in [2.45, 2.75) is 33.3 Å². The van der Waals surface area contributed by atoms with Gasteiger partial charge < -0.3 is 15.4 Å². The third kappa shape index (κ3) is 4.66.